The van der Waals surface area contributed by atoms with Crippen LogP contribution in [0.15, 0.2) is 0 Å². The summed E-state index contributed by atoms with van der Waals surface area (Å²) in [5, 5.41) is 0. The first-order chi connectivity index (χ1) is 8.77. The standard InChI is InChI=1S/C15H29N3/c1-2-17-9-7-15(12-16,8-10-17)18(14-5-6-14)11-13-3-4-13/h13-14H,2-12,16H2,1H3. The summed E-state index contributed by atoms with van der Waals surface area (Å²) in [6.45, 7) is 8.19. The zero-order valence-corrected chi connectivity index (χ0v) is 11.9. The van der Waals surface area contributed by atoms with E-state index in [9.17, 15) is 0 Å². The fraction of sp³-hybridized carbons (Fsp3) is 1.00. The van der Waals surface area contributed by atoms with E-state index in [4.69, 9.17) is 5.73 Å². The molecule has 18 heavy (non-hydrogen) atoms. The number of nitrogens with zero attached hydrogens (tertiary/aromatic N) is 2. The average molecular weight is 251 g/mol. The zero-order valence-electron chi connectivity index (χ0n) is 11.9. The molecule has 3 heteroatoms. The number of hydrogen-bond acceptors (Lipinski definition) is 3. The minimum Gasteiger partial charge on any atom is -0.329 e. The molecule has 1 saturated heterocycles. The van der Waals surface area contributed by atoms with Gasteiger partial charge < -0.3 is 10.6 Å². The highest BCUT2D eigenvalue weighted by atomic mass is 15.3. The van der Waals surface area contributed by atoms with Crippen molar-refractivity contribution >= 4 is 0 Å². The third-order valence-electron chi connectivity index (χ3n) is 5.36. The van der Waals surface area contributed by atoms with E-state index in [-0.39, 0.29) is 0 Å². The topological polar surface area (TPSA) is 32.5 Å². The van der Waals surface area contributed by atoms with Gasteiger partial charge in [0.1, 0.15) is 0 Å². The van der Waals surface area contributed by atoms with Crippen molar-refractivity contribution < 1.29 is 0 Å². The van der Waals surface area contributed by atoms with E-state index < -0.39 is 0 Å². The molecule has 1 aliphatic heterocycles. The molecule has 2 N–H and O–H groups in total. The first kappa shape index (κ1) is 12.9. The average Bonchev–Trinajstić information content (AvgIpc) is 3.29. The molecule has 0 radical (unpaired) electrons. The second kappa shape index (κ2) is 5.10. The van der Waals surface area contributed by atoms with Crippen LogP contribution in [0.1, 0.15) is 45.4 Å². The van der Waals surface area contributed by atoms with Gasteiger partial charge in [0.2, 0.25) is 0 Å². The minimum absolute atomic E-state index is 0.343. The van der Waals surface area contributed by atoms with E-state index in [1.54, 1.807) is 0 Å². The van der Waals surface area contributed by atoms with Crippen molar-refractivity contribution in [2.75, 3.05) is 32.7 Å². The van der Waals surface area contributed by atoms with Gasteiger partial charge in [-0.15, -0.1) is 0 Å². The Labute approximate surface area is 112 Å². The maximum atomic E-state index is 6.23. The van der Waals surface area contributed by atoms with Gasteiger partial charge in [0.05, 0.1) is 0 Å². The van der Waals surface area contributed by atoms with Gasteiger partial charge in [-0.2, -0.15) is 0 Å². The predicted molar refractivity (Wildman–Crippen MR) is 75.6 cm³/mol. The highest BCUT2D eigenvalue weighted by Crippen LogP contribution is 2.41. The highest BCUT2D eigenvalue weighted by Gasteiger charge is 2.46. The smallest absolute Gasteiger partial charge is 0.0359 e. The van der Waals surface area contributed by atoms with Gasteiger partial charge in [0.25, 0.3) is 0 Å². The van der Waals surface area contributed by atoms with Crippen LogP contribution in [-0.2, 0) is 0 Å². The summed E-state index contributed by atoms with van der Waals surface area (Å²) in [4.78, 5) is 5.42. The molecule has 0 amide bonds. The Morgan fingerprint density at radius 2 is 1.83 bits per heavy atom. The van der Waals surface area contributed by atoms with Crippen molar-refractivity contribution in [2.45, 2.75) is 57.0 Å². The van der Waals surface area contributed by atoms with Crippen LogP contribution < -0.4 is 5.73 Å². The largest absolute Gasteiger partial charge is 0.329 e. The molecule has 3 aliphatic rings. The van der Waals surface area contributed by atoms with Crippen molar-refractivity contribution in [1.29, 1.82) is 0 Å². The van der Waals surface area contributed by atoms with Crippen LogP contribution in [0.2, 0.25) is 0 Å². The maximum absolute atomic E-state index is 6.23. The zero-order chi connectivity index (χ0) is 12.6. The third kappa shape index (κ3) is 2.59. The van der Waals surface area contributed by atoms with Crippen LogP contribution in [0.3, 0.4) is 0 Å². The second-order valence-electron chi connectivity index (χ2n) is 6.69. The molecule has 3 rings (SSSR count). The van der Waals surface area contributed by atoms with Gasteiger partial charge >= 0.3 is 0 Å². The SMILES string of the molecule is CCN1CCC(CN)(N(CC2CC2)C2CC2)CC1. The second-order valence-corrected chi connectivity index (χ2v) is 6.69. The summed E-state index contributed by atoms with van der Waals surface area (Å²) in [5.74, 6) is 0.998. The van der Waals surface area contributed by atoms with Gasteiger partial charge in [-0.25, -0.2) is 0 Å². The minimum atomic E-state index is 0.343. The van der Waals surface area contributed by atoms with E-state index in [1.807, 2.05) is 0 Å². The van der Waals surface area contributed by atoms with Crippen LogP contribution >= 0.6 is 0 Å². The molecule has 0 spiro atoms. The fourth-order valence-corrected chi connectivity index (χ4v) is 3.59. The predicted octanol–water partition coefficient (Wildman–Crippen LogP) is 1.67. The first-order valence-corrected chi connectivity index (χ1v) is 7.96. The first-order valence-electron chi connectivity index (χ1n) is 7.96. The fourth-order valence-electron chi connectivity index (χ4n) is 3.59. The number of piperidine rings is 1. The van der Waals surface area contributed by atoms with Crippen molar-refractivity contribution in [1.82, 2.24) is 9.80 Å². The van der Waals surface area contributed by atoms with E-state index >= 15 is 0 Å². The van der Waals surface area contributed by atoms with Crippen LogP contribution in [-0.4, -0.2) is 54.1 Å². The van der Waals surface area contributed by atoms with Crippen molar-refractivity contribution in [3.8, 4) is 0 Å². The van der Waals surface area contributed by atoms with E-state index in [0.717, 1.165) is 18.5 Å². The molecular formula is C15H29N3. The number of likely N-dealkylation sites (tertiary alicyclic amines) is 1. The third-order valence-corrected chi connectivity index (χ3v) is 5.36. The molecule has 0 unspecified atom stereocenters. The van der Waals surface area contributed by atoms with E-state index in [0.29, 0.717) is 5.54 Å². The van der Waals surface area contributed by atoms with Crippen LogP contribution in [0.4, 0.5) is 0 Å². The van der Waals surface area contributed by atoms with Gasteiger partial charge in [0, 0.05) is 24.7 Å². The molecular weight excluding hydrogens is 222 g/mol. The summed E-state index contributed by atoms with van der Waals surface area (Å²) < 4.78 is 0. The lowest BCUT2D eigenvalue weighted by molar-refractivity contribution is 0.0184. The quantitative estimate of drug-likeness (QED) is 0.779. The lowest BCUT2D eigenvalue weighted by atomic mass is 9.85. The molecule has 2 saturated carbocycles. The Kier molecular flexibility index (Phi) is 3.65. The van der Waals surface area contributed by atoms with Crippen molar-refractivity contribution in [2.24, 2.45) is 11.7 Å². The molecule has 3 fully saturated rings. The van der Waals surface area contributed by atoms with E-state index in [1.165, 1.54) is 64.7 Å². The lowest BCUT2D eigenvalue weighted by Gasteiger charge is -2.49. The Balaban J connectivity index is 1.67. The summed E-state index contributed by atoms with van der Waals surface area (Å²) in [6, 6.07) is 0.877. The van der Waals surface area contributed by atoms with Crippen molar-refractivity contribution in [3.05, 3.63) is 0 Å². The monoisotopic (exact) mass is 251 g/mol. The summed E-state index contributed by atoms with van der Waals surface area (Å²) in [5.41, 5.74) is 6.57. The molecule has 0 aromatic rings. The Bertz CT molecular complexity index is 275. The van der Waals surface area contributed by atoms with Crippen LogP contribution in [0, 0.1) is 5.92 Å². The van der Waals surface area contributed by atoms with E-state index in [2.05, 4.69) is 16.7 Å². The number of nitrogens with two attached hydrogens (primary N) is 1. The Morgan fingerprint density at radius 3 is 2.28 bits per heavy atom. The summed E-state index contributed by atoms with van der Waals surface area (Å²) in [7, 11) is 0. The highest BCUT2D eigenvalue weighted by molar-refractivity contribution is 5.03. The molecule has 2 aliphatic carbocycles. The molecule has 1 heterocycles. The summed E-state index contributed by atoms with van der Waals surface area (Å²) >= 11 is 0. The molecule has 3 nitrogen and oxygen atoms in total. The van der Waals surface area contributed by atoms with Gasteiger partial charge in [-0.1, -0.05) is 6.92 Å². The molecule has 104 valence electrons. The lowest BCUT2D eigenvalue weighted by Crippen LogP contribution is -2.60. The molecule has 0 aromatic carbocycles. The van der Waals surface area contributed by atoms with Gasteiger partial charge in [-0.3, -0.25) is 4.90 Å². The Hall–Kier alpha value is -0.120. The van der Waals surface area contributed by atoms with Crippen LogP contribution in [0.25, 0.3) is 0 Å². The molecule has 0 atom stereocenters. The normalized spacial score (nSPS) is 28.8. The van der Waals surface area contributed by atoms with Gasteiger partial charge in [0.15, 0.2) is 0 Å². The summed E-state index contributed by atoms with van der Waals surface area (Å²) in [6.07, 6.45) is 8.36. The molecule has 0 bridgehead atoms. The number of hydrogen-bond donors (Lipinski definition) is 1. The molecule has 0 aromatic heterocycles. The van der Waals surface area contributed by atoms with Crippen LogP contribution in [0.5, 0.6) is 0 Å². The van der Waals surface area contributed by atoms with Crippen molar-refractivity contribution in [3.63, 3.8) is 0 Å². The van der Waals surface area contributed by atoms with Gasteiger partial charge in [-0.05, 0) is 64.1 Å². The Morgan fingerprint density at radius 1 is 1.17 bits per heavy atom. The number of rotatable bonds is 6. The maximum Gasteiger partial charge on any atom is 0.0359 e.